The van der Waals surface area contributed by atoms with Gasteiger partial charge in [-0.05, 0) is 56.0 Å². The van der Waals surface area contributed by atoms with Gasteiger partial charge in [0.15, 0.2) is 0 Å². The number of para-hydroxylation sites is 1. The number of nitrogens with two attached hydrogens (primary N) is 1. The molecule has 0 bridgehead atoms. The van der Waals surface area contributed by atoms with Crippen molar-refractivity contribution >= 4 is 21.8 Å². The number of halogens is 1. The van der Waals surface area contributed by atoms with E-state index in [2.05, 4.69) is 21.2 Å². The van der Waals surface area contributed by atoms with Gasteiger partial charge in [-0.15, -0.1) is 0 Å². The van der Waals surface area contributed by atoms with Gasteiger partial charge in [0.05, 0.1) is 5.56 Å². The third kappa shape index (κ3) is 4.36. The number of hydrogen-bond acceptors (Lipinski definition) is 3. The van der Waals surface area contributed by atoms with Crippen LogP contribution in [0.25, 0.3) is 0 Å². The molecule has 1 amide bonds. The summed E-state index contributed by atoms with van der Waals surface area (Å²) in [6.45, 7) is 0. The van der Waals surface area contributed by atoms with Crippen molar-refractivity contribution in [2.45, 2.75) is 37.8 Å². The highest BCUT2D eigenvalue weighted by Gasteiger charge is 2.22. The fourth-order valence-corrected chi connectivity index (χ4v) is 3.31. The number of nitrogens with one attached hydrogen (secondary N) is 1. The zero-order chi connectivity index (χ0) is 16.9. The lowest BCUT2D eigenvalue weighted by atomic mass is 9.91. The first-order valence-corrected chi connectivity index (χ1v) is 9.00. The zero-order valence-corrected chi connectivity index (χ0v) is 15.0. The Morgan fingerprint density at radius 2 is 1.83 bits per heavy atom. The second kappa shape index (κ2) is 7.81. The standard InChI is InChI=1S/C19H21BrN2O2/c20-13-4-3-5-16(12-13)24-18-7-2-1-6-17(18)19(23)22-15-10-8-14(21)9-11-15/h1-7,12,14-15H,8-11,21H2,(H,22,23). The first-order chi connectivity index (χ1) is 11.6. The van der Waals surface area contributed by atoms with E-state index in [1.807, 2.05) is 42.5 Å². The molecular weight excluding hydrogens is 368 g/mol. The van der Waals surface area contributed by atoms with Gasteiger partial charge >= 0.3 is 0 Å². The second-order valence-corrected chi connectivity index (χ2v) is 7.06. The molecule has 0 spiro atoms. The highest BCUT2D eigenvalue weighted by molar-refractivity contribution is 9.10. The molecule has 0 saturated heterocycles. The van der Waals surface area contributed by atoms with Crippen LogP contribution < -0.4 is 15.8 Å². The van der Waals surface area contributed by atoms with Crippen molar-refractivity contribution in [3.05, 3.63) is 58.6 Å². The molecule has 3 rings (SSSR count). The Bertz CT molecular complexity index is 712. The average Bonchev–Trinajstić information content (AvgIpc) is 2.57. The van der Waals surface area contributed by atoms with Crippen LogP contribution in [-0.2, 0) is 0 Å². The highest BCUT2D eigenvalue weighted by Crippen LogP contribution is 2.27. The van der Waals surface area contributed by atoms with Crippen LogP contribution in [0.2, 0.25) is 0 Å². The Balaban J connectivity index is 1.72. The lowest BCUT2D eigenvalue weighted by Crippen LogP contribution is -2.40. The van der Waals surface area contributed by atoms with Gasteiger partial charge in [-0.25, -0.2) is 0 Å². The first-order valence-electron chi connectivity index (χ1n) is 8.21. The largest absolute Gasteiger partial charge is 0.456 e. The summed E-state index contributed by atoms with van der Waals surface area (Å²) in [4.78, 5) is 12.6. The molecule has 0 heterocycles. The Kier molecular flexibility index (Phi) is 5.53. The molecule has 1 aliphatic rings. The third-order valence-electron chi connectivity index (χ3n) is 4.26. The van der Waals surface area contributed by atoms with Crippen molar-refractivity contribution in [1.29, 1.82) is 0 Å². The zero-order valence-electron chi connectivity index (χ0n) is 13.4. The van der Waals surface area contributed by atoms with Crippen LogP contribution in [0.3, 0.4) is 0 Å². The van der Waals surface area contributed by atoms with Crippen molar-refractivity contribution in [1.82, 2.24) is 5.32 Å². The number of amides is 1. The number of carbonyl (C=O) groups is 1. The van der Waals surface area contributed by atoms with Gasteiger partial charge in [-0.3, -0.25) is 4.79 Å². The number of carbonyl (C=O) groups excluding carboxylic acids is 1. The van der Waals surface area contributed by atoms with Gasteiger partial charge in [0, 0.05) is 16.6 Å². The van der Waals surface area contributed by atoms with Crippen molar-refractivity contribution in [3.8, 4) is 11.5 Å². The van der Waals surface area contributed by atoms with Gasteiger partial charge in [0.25, 0.3) is 5.91 Å². The fraction of sp³-hybridized carbons (Fsp3) is 0.316. The van der Waals surface area contributed by atoms with Gasteiger partial charge in [0.1, 0.15) is 11.5 Å². The first kappa shape index (κ1) is 17.0. The summed E-state index contributed by atoms with van der Waals surface area (Å²) in [7, 11) is 0. The minimum absolute atomic E-state index is 0.0962. The normalized spacial score (nSPS) is 20.4. The predicted octanol–water partition coefficient (Wildman–Crippen LogP) is 4.24. The molecule has 0 radical (unpaired) electrons. The van der Waals surface area contributed by atoms with Crippen molar-refractivity contribution in [2.24, 2.45) is 5.73 Å². The molecule has 3 N–H and O–H groups in total. The minimum Gasteiger partial charge on any atom is -0.456 e. The number of rotatable bonds is 4. The van der Waals surface area contributed by atoms with E-state index in [1.165, 1.54) is 0 Å². The molecule has 1 aliphatic carbocycles. The molecule has 1 saturated carbocycles. The summed E-state index contributed by atoms with van der Waals surface area (Å²) in [5, 5.41) is 3.11. The maximum Gasteiger partial charge on any atom is 0.255 e. The number of benzene rings is 2. The molecular formula is C19H21BrN2O2. The van der Waals surface area contributed by atoms with E-state index in [9.17, 15) is 4.79 Å². The molecule has 0 aromatic heterocycles. The molecule has 0 atom stereocenters. The summed E-state index contributed by atoms with van der Waals surface area (Å²) in [5.74, 6) is 1.15. The third-order valence-corrected chi connectivity index (χ3v) is 4.76. The fourth-order valence-electron chi connectivity index (χ4n) is 2.93. The van der Waals surface area contributed by atoms with Crippen LogP contribution in [0, 0.1) is 0 Å². The minimum atomic E-state index is -0.0962. The number of ether oxygens (including phenoxy) is 1. The van der Waals surface area contributed by atoms with E-state index in [4.69, 9.17) is 10.5 Å². The van der Waals surface area contributed by atoms with E-state index in [1.54, 1.807) is 6.07 Å². The van der Waals surface area contributed by atoms with Gasteiger partial charge in [-0.1, -0.05) is 34.1 Å². The highest BCUT2D eigenvalue weighted by atomic mass is 79.9. The van der Waals surface area contributed by atoms with Gasteiger partial charge < -0.3 is 15.8 Å². The maximum atomic E-state index is 12.6. The lowest BCUT2D eigenvalue weighted by molar-refractivity contribution is 0.0923. The Hall–Kier alpha value is -1.85. The van der Waals surface area contributed by atoms with Crippen LogP contribution in [0.4, 0.5) is 0 Å². The maximum absolute atomic E-state index is 12.6. The van der Waals surface area contributed by atoms with E-state index in [0.29, 0.717) is 17.1 Å². The molecule has 4 nitrogen and oxygen atoms in total. The van der Waals surface area contributed by atoms with E-state index < -0.39 is 0 Å². The quantitative estimate of drug-likeness (QED) is 0.822. The summed E-state index contributed by atoms with van der Waals surface area (Å²) in [6, 6.07) is 15.3. The summed E-state index contributed by atoms with van der Waals surface area (Å²) < 4.78 is 6.84. The van der Waals surface area contributed by atoms with Crippen LogP contribution >= 0.6 is 15.9 Å². The van der Waals surface area contributed by atoms with E-state index in [-0.39, 0.29) is 18.0 Å². The molecule has 24 heavy (non-hydrogen) atoms. The molecule has 0 aliphatic heterocycles. The van der Waals surface area contributed by atoms with Crippen molar-refractivity contribution < 1.29 is 9.53 Å². The molecule has 0 unspecified atom stereocenters. The van der Waals surface area contributed by atoms with Gasteiger partial charge in [0.2, 0.25) is 0 Å². The molecule has 2 aromatic rings. The Labute approximate surface area is 150 Å². The molecule has 126 valence electrons. The van der Waals surface area contributed by atoms with Crippen LogP contribution in [-0.4, -0.2) is 18.0 Å². The SMILES string of the molecule is NC1CCC(NC(=O)c2ccccc2Oc2cccc(Br)c2)CC1. The molecule has 2 aromatic carbocycles. The molecule has 5 heteroatoms. The average molecular weight is 389 g/mol. The smallest absolute Gasteiger partial charge is 0.255 e. The van der Waals surface area contributed by atoms with Crippen molar-refractivity contribution in [3.63, 3.8) is 0 Å². The summed E-state index contributed by atoms with van der Waals surface area (Å²) in [5.41, 5.74) is 6.47. The van der Waals surface area contributed by atoms with Gasteiger partial charge in [-0.2, -0.15) is 0 Å². The topological polar surface area (TPSA) is 64.3 Å². The molecule has 1 fully saturated rings. The second-order valence-electron chi connectivity index (χ2n) is 6.14. The van der Waals surface area contributed by atoms with Crippen LogP contribution in [0.5, 0.6) is 11.5 Å². The Morgan fingerprint density at radius 1 is 1.08 bits per heavy atom. The Morgan fingerprint density at radius 3 is 2.58 bits per heavy atom. The monoisotopic (exact) mass is 388 g/mol. The van der Waals surface area contributed by atoms with E-state index in [0.717, 1.165) is 30.2 Å². The van der Waals surface area contributed by atoms with Crippen LogP contribution in [0.1, 0.15) is 36.0 Å². The summed E-state index contributed by atoms with van der Waals surface area (Å²) >= 11 is 3.42. The van der Waals surface area contributed by atoms with Crippen LogP contribution in [0.15, 0.2) is 53.0 Å². The number of hydrogen-bond donors (Lipinski definition) is 2. The van der Waals surface area contributed by atoms with E-state index >= 15 is 0 Å². The van der Waals surface area contributed by atoms with Crippen molar-refractivity contribution in [2.75, 3.05) is 0 Å². The lowest BCUT2D eigenvalue weighted by Gasteiger charge is -2.27. The summed E-state index contributed by atoms with van der Waals surface area (Å²) in [6.07, 6.45) is 3.78. The predicted molar refractivity (Wildman–Crippen MR) is 98.4 cm³/mol.